The molecule has 1 aliphatic heterocycles. The standard InChI is InChI=1S/C24H29NO5/c1-29-20-12-18-19(13-21(20)30-2)23(27)24(28,22(18)26)14-16-8-10-25(11-9-16)15-17-6-4-3-5-7-17/h3-7,12-13,16,22,26,28H,8-11,14-15H2,1-2H3. The van der Waals surface area contributed by atoms with E-state index in [1.165, 1.54) is 19.8 Å². The molecule has 1 saturated heterocycles. The molecule has 160 valence electrons. The monoisotopic (exact) mass is 411 g/mol. The summed E-state index contributed by atoms with van der Waals surface area (Å²) in [4.78, 5) is 15.5. The van der Waals surface area contributed by atoms with E-state index in [1.54, 1.807) is 12.1 Å². The normalized spacial score (nSPS) is 24.7. The van der Waals surface area contributed by atoms with Crippen molar-refractivity contribution in [2.24, 2.45) is 5.92 Å². The number of rotatable bonds is 6. The van der Waals surface area contributed by atoms with E-state index < -0.39 is 17.5 Å². The highest BCUT2D eigenvalue weighted by molar-refractivity contribution is 6.08. The van der Waals surface area contributed by atoms with E-state index in [9.17, 15) is 15.0 Å². The number of aliphatic hydroxyl groups excluding tert-OH is 1. The maximum absolute atomic E-state index is 13.1. The lowest BCUT2D eigenvalue weighted by Gasteiger charge is -2.36. The molecule has 1 fully saturated rings. The summed E-state index contributed by atoms with van der Waals surface area (Å²) >= 11 is 0. The van der Waals surface area contributed by atoms with Gasteiger partial charge in [-0.3, -0.25) is 9.69 Å². The van der Waals surface area contributed by atoms with Crippen molar-refractivity contribution in [1.29, 1.82) is 0 Å². The van der Waals surface area contributed by atoms with Crippen LogP contribution in [0.4, 0.5) is 0 Å². The Morgan fingerprint density at radius 1 is 1.07 bits per heavy atom. The van der Waals surface area contributed by atoms with Gasteiger partial charge in [0.15, 0.2) is 22.9 Å². The number of carbonyl (C=O) groups excluding carboxylic acids is 1. The van der Waals surface area contributed by atoms with E-state index in [-0.39, 0.29) is 12.3 Å². The topological polar surface area (TPSA) is 79.2 Å². The predicted molar refractivity (Wildman–Crippen MR) is 113 cm³/mol. The van der Waals surface area contributed by atoms with Crippen LogP contribution in [0.15, 0.2) is 42.5 Å². The van der Waals surface area contributed by atoms with Gasteiger partial charge in [0.2, 0.25) is 0 Å². The van der Waals surface area contributed by atoms with Crippen LogP contribution >= 0.6 is 0 Å². The molecule has 30 heavy (non-hydrogen) atoms. The van der Waals surface area contributed by atoms with Gasteiger partial charge in [0.05, 0.1) is 14.2 Å². The molecule has 1 aliphatic carbocycles. The number of methoxy groups -OCH3 is 2. The summed E-state index contributed by atoms with van der Waals surface area (Å²) in [6.07, 6.45) is 0.768. The predicted octanol–water partition coefficient (Wildman–Crippen LogP) is 2.97. The Labute approximate surface area is 177 Å². The van der Waals surface area contributed by atoms with E-state index in [4.69, 9.17) is 9.47 Å². The van der Waals surface area contributed by atoms with Gasteiger partial charge in [0.25, 0.3) is 0 Å². The van der Waals surface area contributed by atoms with Crippen molar-refractivity contribution < 1.29 is 24.5 Å². The van der Waals surface area contributed by atoms with Crippen molar-refractivity contribution in [1.82, 2.24) is 4.90 Å². The number of hydrogen-bond acceptors (Lipinski definition) is 6. The quantitative estimate of drug-likeness (QED) is 0.761. The van der Waals surface area contributed by atoms with Gasteiger partial charge in [-0.1, -0.05) is 30.3 Å². The molecular formula is C24H29NO5. The molecular weight excluding hydrogens is 382 g/mol. The molecule has 1 heterocycles. The Bertz CT molecular complexity index is 907. The molecule has 2 aromatic rings. The minimum absolute atomic E-state index is 0.179. The highest BCUT2D eigenvalue weighted by Crippen LogP contribution is 2.47. The van der Waals surface area contributed by atoms with Crippen LogP contribution in [-0.4, -0.2) is 53.8 Å². The molecule has 2 N–H and O–H groups in total. The first-order valence-corrected chi connectivity index (χ1v) is 10.4. The van der Waals surface area contributed by atoms with Crippen molar-refractivity contribution in [3.63, 3.8) is 0 Å². The summed E-state index contributed by atoms with van der Waals surface area (Å²) in [6.45, 7) is 2.73. The molecule has 6 nitrogen and oxygen atoms in total. The second-order valence-corrected chi connectivity index (χ2v) is 8.36. The zero-order chi connectivity index (χ0) is 21.3. The molecule has 0 aromatic heterocycles. The van der Waals surface area contributed by atoms with E-state index in [1.807, 2.05) is 18.2 Å². The van der Waals surface area contributed by atoms with Gasteiger partial charge in [-0.25, -0.2) is 0 Å². The van der Waals surface area contributed by atoms with Crippen molar-refractivity contribution >= 4 is 5.78 Å². The fraction of sp³-hybridized carbons (Fsp3) is 0.458. The summed E-state index contributed by atoms with van der Waals surface area (Å²) in [5, 5.41) is 22.1. The van der Waals surface area contributed by atoms with Crippen LogP contribution in [0.25, 0.3) is 0 Å². The molecule has 0 saturated carbocycles. The third kappa shape index (κ3) is 3.71. The van der Waals surface area contributed by atoms with E-state index in [0.29, 0.717) is 22.6 Å². The number of carbonyl (C=O) groups is 1. The van der Waals surface area contributed by atoms with Crippen LogP contribution in [-0.2, 0) is 6.54 Å². The fourth-order valence-electron chi connectivity index (χ4n) is 4.77. The van der Waals surface area contributed by atoms with Gasteiger partial charge < -0.3 is 19.7 Å². The van der Waals surface area contributed by atoms with Crippen LogP contribution in [0.1, 0.15) is 46.9 Å². The van der Waals surface area contributed by atoms with Gasteiger partial charge in [0.1, 0.15) is 6.10 Å². The Kier molecular flexibility index (Phi) is 5.82. The molecule has 0 bridgehead atoms. The first kappa shape index (κ1) is 20.8. The maximum Gasteiger partial charge on any atom is 0.197 e. The smallest absolute Gasteiger partial charge is 0.197 e. The number of piperidine rings is 1. The van der Waals surface area contributed by atoms with Crippen LogP contribution in [0, 0.1) is 5.92 Å². The largest absolute Gasteiger partial charge is 0.493 e. The molecule has 0 spiro atoms. The molecule has 2 unspecified atom stereocenters. The number of benzene rings is 2. The molecule has 0 amide bonds. The lowest BCUT2D eigenvalue weighted by molar-refractivity contribution is -0.0613. The van der Waals surface area contributed by atoms with Crippen LogP contribution < -0.4 is 9.47 Å². The van der Waals surface area contributed by atoms with Crippen LogP contribution in [0.2, 0.25) is 0 Å². The Morgan fingerprint density at radius 2 is 1.70 bits per heavy atom. The number of aliphatic hydroxyl groups is 2. The van der Waals surface area contributed by atoms with Gasteiger partial charge in [0, 0.05) is 12.1 Å². The van der Waals surface area contributed by atoms with Gasteiger partial charge in [-0.05, 0) is 61.5 Å². The Morgan fingerprint density at radius 3 is 2.33 bits per heavy atom. The Balaban J connectivity index is 1.44. The molecule has 4 rings (SSSR count). The molecule has 2 aromatic carbocycles. The lowest BCUT2D eigenvalue weighted by Crippen LogP contribution is -2.43. The number of fused-ring (bicyclic) bond motifs is 1. The second-order valence-electron chi connectivity index (χ2n) is 8.36. The molecule has 6 heteroatoms. The molecule has 2 atom stereocenters. The van der Waals surface area contributed by atoms with E-state index in [2.05, 4.69) is 17.0 Å². The minimum atomic E-state index is -1.80. The van der Waals surface area contributed by atoms with Crippen molar-refractivity contribution in [2.75, 3.05) is 27.3 Å². The van der Waals surface area contributed by atoms with E-state index >= 15 is 0 Å². The summed E-state index contributed by atoms with van der Waals surface area (Å²) in [5.74, 6) is 0.591. The number of nitrogens with zero attached hydrogens (tertiary/aromatic N) is 1. The Hall–Kier alpha value is -2.41. The summed E-state index contributed by atoms with van der Waals surface area (Å²) < 4.78 is 10.6. The zero-order valence-corrected chi connectivity index (χ0v) is 17.5. The number of Topliss-reactive ketones (excluding diaryl/α,β-unsaturated/α-hetero) is 1. The minimum Gasteiger partial charge on any atom is -0.493 e. The van der Waals surface area contributed by atoms with Crippen molar-refractivity contribution in [2.45, 2.75) is 37.5 Å². The van der Waals surface area contributed by atoms with E-state index in [0.717, 1.165) is 32.5 Å². The fourth-order valence-corrected chi connectivity index (χ4v) is 4.77. The van der Waals surface area contributed by atoms with Crippen LogP contribution in [0.3, 0.4) is 0 Å². The van der Waals surface area contributed by atoms with Crippen molar-refractivity contribution in [3.8, 4) is 11.5 Å². The SMILES string of the molecule is COc1cc2c(cc1OC)C(O)C(O)(CC1CCN(Cc3ccccc3)CC1)C2=O. The average molecular weight is 411 g/mol. The first-order chi connectivity index (χ1) is 14.5. The van der Waals surface area contributed by atoms with Gasteiger partial charge in [-0.2, -0.15) is 0 Å². The van der Waals surface area contributed by atoms with Gasteiger partial charge in [-0.15, -0.1) is 0 Å². The highest BCUT2D eigenvalue weighted by atomic mass is 16.5. The average Bonchev–Trinajstić information content (AvgIpc) is 2.95. The van der Waals surface area contributed by atoms with Gasteiger partial charge >= 0.3 is 0 Å². The molecule has 2 aliphatic rings. The van der Waals surface area contributed by atoms with Crippen molar-refractivity contribution in [3.05, 3.63) is 59.2 Å². The zero-order valence-electron chi connectivity index (χ0n) is 17.5. The third-order valence-electron chi connectivity index (χ3n) is 6.50. The number of ether oxygens (including phenoxy) is 2. The van der Waals surface area contributed by atoms with Crippen LogP contribution in [0.5, 0.6) is 11.5 Å². The summed E-state index contributed by atoms with van der Waals surface area (Å²) in [7, 11) is 3.00. The highest BCUT2D eigenvalue weighted by Gasteiger charge is 2.53. The summed E-state index contributed by atoms with van der Waals surface area (Å²) in [6, 6.07) is 13.5. The lowest BCUT2D eigenvalue weighted by atomic mass is 9.81. The molecule has 0 radical (unpaired) electrons. The number of likely N-dealkylation sites (tertiary alicyclic amines) is 1. The third-order valence-corrected chi connectivity index (χ3v) is 6.50. The number of ketones is 1. The summed E-state index contributed by atoms with van der Waals surface area (Å²) in [5.41, 5.74) is 0.201. The maximum atomic E-state index is 13.1. The second kappa shape index (κ2) is 8.38. The first-order valence-electron chi connectivity index (χ1n) is 10.4. The number of hydrogen-bond donors (Lipinski definition) is 2.